The van der Waals surface area contributed by atoms with Crippen molar-refractivity contribution < 1.29 is 45.8 Å². The molecule has 0 unspecified atom stereocenters. The molecule has 12 heterocycles. The average molecular weight is 1740 g/mol. The number of aliphatic hydroxyl groups excluding tert-OH is 1. The van der Waals surface area contributed by atoms with E-state index in [4.69, 9.17) is 42.1 Å². The third-order valence-electron chi connectivity index (χ3n) is 16.0. The van der Waals surface area contributed by atoms with Gasteiger partial charge < -0.3 is 29.9 Å². The number of H-pyrrole nitrogens is 2. The third kappa shape index (κ3) is 18.2. The number of amides is 1. The second kappa shape index (κ2) is 34.3. The van der Waals surface area contributed by atoms with Crippen LogP contribution in [-0.2, 0) is 29.5 Å². The lowest BCUT2D eigenvalue weighted by Gasteiger charge is -2.28. The maximum atomic E-state index is 12.9. The number of hydrogen-bond donors (Lipinski definition) is 4. The number of carbonyl (C=O) groups excluding carboxylic acids is 3. The number of fused-ring (bicyclic) bond motifs is 6. The second-order valence-corrected chi connectivity index (χ2v) is 32.0. The number of aliphatic hydroxyl groups is 1. The van der Waals surface area contributed by atoms with Crippen molar-refractivity contribution in [2.24, 2.45) is 0 Å². The standard InChI is InChI=1S/C20H24N4O4.C14H9N3O2S.C13H9ClN2O2S.C13H12IN3O2.C8H4IN3.C8H5N3/c1-20(2,3)28-19(27)24-11-13(16-17(24)12(10-21)8-9-22-16)18(26)23-14-6-4-5-7-15(14)25;15-10-11-6-8-16-13-7-9-17(14(11)13)20(18,19)12-4-2-1-3-5-12;14-11-6-8-15-12-7-9-16(13(11)12)19(17,18)10-4-2-1-3-5-10;1-13(2,3)19-12(18)17-7-9(14)10-11(17)8(6-15)4-5-16-10;9-6-4-12-7-5(3-10)1-2-11-8(6)7;9-5-6-1-3-10-7-2-4-11-8(6)7/h8-9,11,14-15,25H,4-7H2,1-3H3,(H,23,26);1-9H;1-9H;4-5,7H,1-3H3;1-2,4,12H;1-4,11H/t14-,15-;;;;;/m0...../s1. The molecule has 1 amide bonds. The zero-order valence-corrected chi connectivity index (χ0v) is 65.4. The molecule has 2 aromatic carbocycles. The van der Waals surface area contributed by atoms with Gasteiger partial charge in [0, 0.05) is 74.4 Å². The molecule has 28 nitrogen and oxygen atoms in total. The topological polar surface area (TPSA) is 418 Å². The molecule has 1 saturated carbocycles. The van der Waals surface area contributed by atoms with Crippen molar-refractivity contribution in [2.75, 3.05) is 0 Å². The van der Waals surface area contributed by atoms with Gasteiger partial charge in [-0.2, -0.15) is 26.3 Å². The van der Waals surface area contributed by atoms with Crippen molar-refractivity contribution in [3.05, 3.63) is 235 Å². The Hall–Kier alpha value is -12.0. The Kier molecular flexibility index (Phi) is 25.1. The number of pyridine rings is 6. The molecule has 2 atom stereocenters. The highest BCUT2D eigenvalue weighted by atomic mass is 127. The van der Waals surface area contributed by atoms with E-state index in [0.29, 0.717) is 67.7 Å². The first-order valence-electron chi connectivity index (χ1n) is 32.9. The summed E-state index contributed by atoms with van der Waals surface area (Å²) in [6.07, 6.45) is 20.2. The van der Waals surface area contributed by atoms with Crippen LogP contribution in [0.5, 0.6) is 0 Å². The van der Waals surface area contributed by atoms with Crippen LogP contribution in [0.3, 0.4) is 0 Å². The Morgan fingerprint density at radius 1 is 0.523 bits per heavy atom. The maximum Gasteiger partial charge on any atom is 0.419 e. The van der Waals surface area contributed by atoms with Crippen LogP contribution < -0.4 is 5.32 Å². The van der Waals surface area contributed by atoms with Gasteiger partial charge in [0.25, 0.3) is 26.0 Å². The largest absolute Gasteiger partial charge is 0.443 e. The van der Waals surface area contributed by atoms with E-state index < -0.39 is 55.4 Å². The van der Waals surface area contributed by atoms with Crippen molar-refractivity contribution >= 4 is 161 Å². The Balaban J connectivity index is 0.000000143. The first-order chi connectivity index (χ1) is 52.0. The Morgan fingerprint density at radius 3 is 1.50 bits per heavy atom. The molecule has 0 saturated heterocycles. The fourth-order valence-corrected chi connectivity index (χ4v) is 15.4. The lowest BCUT2D eigenvalue weighted by Crippen LogP contribution is -2.45. The summed E-state index contributed by atoms with van der Waals surface area (Å²) in [4.78, 5) is 68.9. The molecule has 0 aliphatic heterocycles. The van der Waals surface area contributed by atoms with Gasteiger partial charge in [-0.25, -0.2) is 43.5 Å². The molecule has 12 aromatic heterocycles. The van der Waals surface area contributed by atoms with Gasteiger partial charge in [-0.05, 0) is 178 Å². The van der Waals surface area contributed by atoms with Gasteiger partial charge in [0.1, 0.15) is 69.1 Å². The predicted octanol–water partition coefficient (Wildman–Crippen LogP) is 14.6. The average Bonchev–Trinajstić information content (AvgIpc) is 1.68. The van der Waals surface area contributed by atoms with Gasteiger partial charge in [-0.15, -0.1) is 0 Å². The number of nitriles is 5. The Morgan fingerprint density at radius 2 is 0.963 bits per heavy atom. The second-order valence-electron chi connectivity index (χ2n) is 25.6. The fourth-order valence-electron chi connectivity index (χ4n) is 11.1. The number of aromatic nitrogens is 12. The van der Waals surface area contributed by atoms with Gasteiger partial charge in [0.15, 0.2) is 0 Å². The van der Waals surface area contributed by atoms with E-state index in [0.717, 1.165) is 54.6 Å². The Labute approximate surface area is 656 Å². The van der Waals surface area contributed by atoms with Crippen LogP contribution in [0.4, 0.5) is 9.59 Å². The van der Waals surface area contributed by atoms with Gasteiger partial charge in [-0.3, -0.25) is 34.7 Å². The van der Waals surface area contributed by atoms with E-state index in [9.17, 15) is 41.6 Å². The van der Waals surface area contributed by atoms with Crippen LogP contribution in [0.25, 0.3) is 66.2 Å². The minimum absolute atomic E-state index is 0.163. The Bertz CT molecular complexity index is 6230. The number of benzene rings is 2. The summed E-state index contributed by atoms with van der Waals surface area (Å²) in [6.45, 7) is 10.6. The summed E-state index contributed by atoms with van der Waals surface area (Å²) < 4.78 is 67.6. The maximum absolute atomic E-state index is 12.9. The van der Waals surface area contributed by atoms with Crippen LogP contribution in [-0.4, -0.2) is 120 Å². The summed E-state index contributed by atoms with van der Waals surface area (Å²) in [5.74, 6) is -0.444. The van der Waals surface area contributed by atoms with Gasteiger partial charge >= 0.3 is 12.2 Å². The molecule has 109 heavy (non-hydrogen) atoms. The molecule has 0 radical (unpaired) electrons. The molecular weight excluding hydrogens is 1680 g/mol. The monoisotopic (exact) mass is 1740 g/mol. The lowest BCUT2D eigenvalue weighted by atomic mass is 9.92. The molecule has 33 heteroatoms. The highest BCUT2D eigenvalue weighted by molar-refractivity contribution is 14.1. The molecule has 0 bridgehead atoms. The molecule has 0 spiro atoms. The van der Waals surface area contributed by atoms with Crippen molar-refractivity contribution in [1.29, 1.82) is 26.3 Å². The molecular formula is C76H63ClI2N18O10S2. The quantitative estimate of drug-likeness (QED) is 0.112. The SMILES string of the molecule is CC(C)(C)OC(=O)n1cc(C(=O)N[C@H]2CCCC[C@@H]2O)c2nccc(C#N)c21.CC(C)(C)OC(=O)n1cc(I)c2nccc(C#N)c21.N#Cc1ccnc2c(I)c[nH]c12.N#Cc1ccnc2cc[nH]c12.N#Cc1ccnc2ccn(S(=O)(=O)c3ccccc3)c12.O=S(=O)(c1ccccc1)n1ccc2nccc(Cl)c21. The van der Waals surface area contributed by atoms with Crippen LogP contribution in [0.2, 0.25) is 5.02 Å². The molecule has 1 fully saturated rings. The summed E-state index contributed by atoms with van der Waals surface area (Å²) in [6, 6.07) is 40.8. The number of nitrogens with one attached hydrogen (secondary N) is 3. The van der Waals surface area contributed by atoms with E-state index in [1.807, 2.05) is 24.4 Å². The summed E-state index contributed by atoms with van der Waals surface area (Å²) in [5, 5.41) is 58.4. The zero-order chi connectivity index (χ0) is 78.5. The number of halogens is 3. The fraction of sp³-hybridized carbons (Fsp3) is 0.184. The van der Waals surface area contributed by atoms with E-state index in [2.05, 4.69) is 109 Å². The summed E-state index contributed by atoms with van der Waals surface area (Å²) >= 11 is 10.3. The van der Waals surface area contributed by atoms with Gasteiger partial charge in [0.05, 0.1) is 106 Å². The van der Waals surface area contributed by atoms with E-state index in [1.54, 1.807) is 164 Å². The summed E-state index contributed by atoms with van der Waals surface area (Å²) in [5.41, 5.74) is 7.67. The number of rotatable bonds is 6. The van der Waals surface area contributed by atoms with E-state index in [-0.39, 0.29) is 43.6 Å². The number of hydrogen-bond acceptors (Lipinski definition) is 21. The molecule has 4 N–H and O–H groups in total. The predicted molar refractivity (Wildman–Crippen MR) is 422 cm³/mol. The first kappa shape index (κ1) is 79.6. The van der Waals surface area contributed by atoms with Gasteiger partial charge in [-0.1, -0.05) is 60.8 Å². The van der Waals surface area contributed by atoms with E-state index in [1.165, 1.54) is 59.8 Å². The minimum Gasteiger partial charge on any atom is -0.443 e. The highest BCUT2D eigenvalue weighted by Gasteiger charge is 2.31. The van der Waals surface area contributed by atoms with Gasteiger partial charge in [0.2, 0.25) is 0 Å². The zero-order valence-electron chi connectivity index (χ0n) is 58.7. The van der Waals surface area contributed by atoms with Crippen LogP contribution in [0.1, 0.15) is 105 Å². The normalized spacial score (nSPS) is 13.3. The van der Waals surface area contributed by atoms with Crippen LogP contribution >= 0.6 is 56.8 Å². The minimum atomic E-state index is -3.73. The van der Waals surface area contributed by atoms with Crippen molar-refractivity contribution in [2.45, 2.75) is 100 Å². The molecule has 550 valence electrons. The lowest BCUT2D eigenvalue weighted by molar-refractivity contribution is 0.0532. The van der Waals surface area contributed by atoms with Crippen molar-refractivity contribution in [3.8, 4) is 30.3 Å². The third-order valence-corrected chi connectivity index (χ3v) is 21.3. The highest BCUT2D eigenvalue weighted by Crippen LogP contribution is 2.31. The smallest absolute Gasteiger partial charge is 0.419 e. The first-order valence-corrected chi connectivity index (χ1v) is 38.3. The molecule has 14 aromatic rings. The van der Waals surface area contributed by atoms with E-state index >= 15 is 0 Å². The number of nitrogens with zero attached hydrogens (tertiary/aromatic N) is 15. The molecule has 1 aliphatic carbocycles. The number of ether oxygens (including phenoxy) is 2. The van der Waals surface area contributed by atoms with Crippen LogP contribution in [0.15, 0.2) is 199 Å². The molecule has 1 aliphatic rings. The number of carbonyl (C=O) groups is 3. The van der Waals surface area contributed by atoms with Crippen molar-refractivity contribution in [1.82, 2.24) is 62.3 Å². The van der Waals surface area contributed by atoms with Crippen LogP contribution in [0, 0.1) is 63.8 Å². The molecule has 15 rings (SSSR count). The van der Waals surface area contributed by atoms with Crippen molar-refractivity contribution in [3.63, 3.8) is 0 Å². The summed E-state index contributed by atoms with van der Waals surface area (Å²) in [7, 11) is -7.38. The number of aromatic amines is 2.